The predicted octanol–water partition coefficient (Wildman–Crippen LogP) is 2.06. The second-order valence-electron chi connectivity index (χ2n) is 5.49. The Morgan fingerprint density at radius 2 is 2.05 bits per heavy atom. The third-order valence-electron chi connectivity index (χ3n) is 3.74. The van der Waals surface area contributed by atoms with Crippen molar-refractivity contribution in [2.45, 2.75) is 39.5 Å². The molecule has 0 aliphatic carbocycles. The topological polar surface area (TPSA) is 62.9 Å². The highest BCUT2D eigenvalue weighted by Crippen LogP contribution is 2.17. The van der Waals surface area contributed by atoms with E-state index in [0.29, 0.717) is 11.9 Å². The Labute approximate surface area is 147 Å². The number of aliphatic imine (C=N–C) groups is 1. The van der Waals surface area contributed by atoms with Gasteiger partial charge >= 0.3 is 0 Å². The lowest BCUT2D eigenvalue weighted by atomic mass is 9.97. The number of nitrogens with one attached hydrogen (secondary N) is 1. The van der Waals surface area contributed by atoms with Gasteiger partial charge in [0.05, 0.1) is 0 Å². The molecule has 5 nitrogen and oxygen atoms in total. The number of halogens is 1. The van der Waals surface area contributed by atoms with Gasteiger partial charge in [0.15, 0.2) is 5.96 Å². The number of hydrogen-bond acceptors (Lipinski definition) is 3. The Kier molecular flexibility index (Phi) is 13.5. The number of rotatable bonds is 9. The molecule has 0 aromatic rings. The molecule has 21 heavy (non-hydrogen) atoms. The molecule has 1 saturated heterocycles. The zero-order valence-electron chi connectivity index (χ0n) is 13.6. The van der Waals surface area contributed by atoms with Gasteiger partial charge in [-0.2, -0.15) is 0 Å². The van der Waals surface area contributed by atoms with E-state index in [4.69, 9.17) is 10.5 Å². The van der Waals surface area contributed by atoms with Crippen molar-refractivity contribution in [2.24, 2.45) is 16.6 Å². The molecule has 1 fully saturated rings. The molecule has 0 amide bonds. The highest BCUT2D eigenvalue weighted by Gasteiger charge is 2.17. The van der Waals surface area contributed by atoms with Crippen LogP contribution in [0.4, 0.5) is 0 Å². The summed E-state index contributed by atoms with van der Waals surface area (Å²) >= 11 is 0. The maximum Gasteiger partial charge on any atom is 0.188 e. The lowest BCUT2D eigenvalue weighted by Gasteiger charge is -2.30. The summed E-state index contributed by atoms with van der Waals surface area (Å²) in [5, 5.41) is 3.15. The summed E-state index contributed by atoms with van der Waals surface area (Å²) < 4.78 is 5.27. The van der Waals surface area contributed by atoms with Gasteiger partial charge in [0, 0.05) is 26.3 Å². The molecule has 3 N–H and O–H groups in total. The van der Waals surface area contributed by atoms with Crippen LogP contribution in [-0.4, -0.2) is 56.8 Å². The normalized spacial score (nSPS) is 17.5. The van der Waals surface area contributed by atoms with Gasteiger partial charge in [-0.25, -0.2) is 0 Å². The Hall–Kier alpha value is -0.0800. The molecule has 6 heteroatoms. The third kappa shape index (κ3) is 10.3. The lowest BCUT2D eigenvalue weighted by molar-refractivity contribution is 0.145. The average molecular weight is 412 g/mol. The van der Waals surface area contributed by atoms with E-state index in [1.54, 1.807) is 0 Å². The molecule has 1 aliphatic heterocycles. The summed E-state index contributed by atoms with van der Waals surface area (Å²) in [6, 6.07) is 0. The van der Waals surface area contributed by atoms with E-state index in [2.05, 4.69) is 22.1 Å². The number of piperidine rings is 1. The number of nitrogens with two attached hydrogens (primary N) is 1. The lowest BCUT2D eigenvalue weighted by Crippen LogP contribution is -2.36. The molecule has 0 bridgehead atoms. The van der Waals surface area contributed by atoms with Crippen LogP contribution in [0.1, 0.15) is 39.5 Å². The molecule has 1 aliphatic rings. The monoisotopic (exact) mass is 412 g/mol. The van der Waals surface area contributed by atoms with E-state index < -0.39 is 0 Å². The summed E-state index contributed by atoms with van der Waals surface area (Å²) in [6.45, 7) is 11.2. The zero-order valence-corrected chi connectivity index (χ0v) is 16.0. The standard InChI is InChI=1S/C15H32N4O.HI/c1-3-9-19-10-6-14(7-11-19)13-18-15(16)17-8-5-12-20-4-2;/h14H,3-13H2,1-2H3,(H3,16,17,18);1H. The van der Waals surface area contributed by atoms with Crippen LogP contribution in [0.25, 0.3) is 0 Å². The molecule has 0 radical (unpaired) electrons. The van der Waals surface area contributed by atoms with Crippen LogP contribution in [0.15, 0.2) is 4.99 Å². The Morgan fingerprint density at radius 3 is 2.67 bits per heavy atom. The van der Waals surface area contributed by atoms with E-state index >= 15 is 0 Å². The summed E-state index contributed by atoms with van der Waals surface area (Å²) in [6.07, 6.45) is 4.73. The average Bonchev–Trinajstić information content (AvgIpc) is 2.47. The van der Waals surface area contributed by atoms with Crippen molar-refractivity contribution in [3.63, 3.8) is 0 Å². The Morgan fingerprint density at radius 1 is 1.33 bits per heavy atom. The zero-order chi connectivity index (χ0) is 14.6. The van der Waals surface area contributed by atoms with Crippen molar-refractivity contribution in [3.8, 4) is 0 Å². The number of nitrogens with zero attached hydrogens (tertiary/aromatic N) is 2. The smallest absolute Gasteiger partial charge is 0.188 e. The summed E-state index contributed by atoms with van der Waals surface area (Å²) in [4.78, 5) is 7.01. The molecule has 0 atom stereocenters. The molecular formula is C15H33IN4O. The first kappa shape index (κ1) is 20.9. The first-order valence-electron chi connectivity index (χ1n) is 8.10. The Balaban J connectivity index is 0.00000400. The highest BCUT2D eigenvalue weighted by atomic mass is 127. The van der Waals surface area contributed by atoms with E-state index in [1.807, 2.05) is 6.92 Å². The van der Waals surface area contributed by atoms with Gasteiger partial charge in [-0.3, -0.25) is 4.99 Å². The van der Waals surface area contributed by atoms with Gasteiger partial charge < -0.3 is 20.7 Å². The van der Waals surface area contributed by atoms with E-state index in [9.17, 15) is 0 Å². The number of guanidine groups is 1. The SMILES string of the molecule is CCCN1CCC(CN=C(N)NCCCOCC)CC1.I. The quantitative estimate of drug-likeness (QED) is 0.263. The second-order valence-corrected chi connectivity index (χ2v) is 5.49. The van der Waals surface area contributed by atoms with Gasteiger partial charge in [-0.1, -0.05) is 6.92 Å². The molecular weight excluding hydrogens is 379 g/mol. The summed E-state index contributed by atoms with van der Waals surface area (Å²) in [5.41, 5.74) is 5.87. The number of ether oxygens (including phenoxy) is 1. The fraction of sp³-hybridized carbons (Fsp3) is 0.933. The van der Waals surface area contributed by atoms with Gasteiger partial charge in [0.25, 0.3) is 0 Å². The highest BCUT2D eigenvalue weighted by molar-refractivity contribution is 14.0. The minimum atomic E-state index is 0. The predicted molar refractivity (Wildman–Crippen MR) is 100 cm³/mol. The maximum atomic E-state index is 5.87. The van der Waals surface area contributed by atoms with Crippen LogP contribution in [-0.2, 0) is 4.74 Å². The fourth-order valence-corrected chi connectivity index (χ4v) is 2.53. The minimum Gasteiger partial charge on any atom is -0.382 e. The molecule has 0 saturated carbocycles. The first-order chi connectivity index (χ1) is 9.76. The molecule has 0 aromatic carbocycles. The number of likely N-dealkylation sites (tertiary alicyclic amines) is 1. The third-order valence-corrected chi connectivity index (χ3v) is 3.74. The number of hydrogen-bond donors (Lipinski definition) is 2. The van der Waals surface area contributed by atoms with Gasteiger partial charge in [-0.05, 0) is 58.2 Å². The van der Waals surface area contributed by atoms with Crippen molar-refractivity contribution in [1.29, 1.82) is 0 Å². The van der Waals surface area contributed by atoms with Crippen molar-refractivity contribution in [3.05, 3.63) is 0 Å². The van der Waals surface area contributed by atoms with Crippen LogP contribution in [0.2, 0.25) is 0 Å². The van der Waals surface area contributed by atoms with Crippen LogP contribution in [0.5, 0.6) is 0 Å². The van der Waals surface area contributed by atoms with Crippen LogP contribution < -0.4 is 11.1 Å². The molecule has 1 heterocycles. The van der Waals surface area contributed by atoms with E-state index in [0.717, 1.165) is 32.7 Å². The molecule has 1 rings (SSSR count). The van der Waals surface area contributed by atoms with Gasteiger partial charge in [0.2, 0.25) is 0 Å². The van der Waals surface area contributed by atoms with Crippen LogP contribution in [0.3, 0.4) is 0 Å². The second kappa shape index (κ2) is 13.6. The molecule has 126 valence electrons. The van der Waals surface area contributed by atoms with E-state index in [-0.39, 0.29) is 24.0 Å². The minimum absolute atomic E-state index is 0. The van der Waals surface area contributed by atoms with Crippen molar-refractivity contribution in [1.82, 2.24) is 10.2 Å². The molecule has 0 aromatic heterocycles. The van der Waals surface area contributed by atoms with Crippen molar-refractivity contribution in [2.75, 3.05) is 45.9 Å². The van der Waals surface area contributed by atoms with Crippen molar-refractivity contribution >= 4 is 29.9 Å². The molecule has 0 unspecified atom stereocenters. The van der Waals surface area contributed by atoms with Crippen LogP contribution >= 0.6 is 24.0 Å². The Bertz CT molecular complexity index is 268. The van der Waals surface area contributed by atoms with E-state index in [1.165, 1.54) is 38.9 Å². The van der Waals surface area contributed by atoms with Crippen molar-refractivity contribution < 1.29 is 4.74 Å². The fourth-order valence-electron chi connectivity index (χ4n) is 2.53. The first-order valence-corrected chi connectivity index (χ1v) is 8.10. The summed E-state index contributed by atoms with van der Waals surface area (Å²) in [7, 11) is 0. The maximum absolute atomic E-state index is 5.87. The van der Waals surface area contributed by atoms with Crippen LogP contribution in [0, 0.1) is 5.92 Å². The van der Waals surface area contributed by atoms with Gasteiger partial charge in [0.1, 0.15) is 0 Å². The molecule has 0 spiro atoms. The summed E-state index contributed by atoms with van der Waals surface area (Å²) in [5.74, 6) is 1.28. The largest absolute Gasteiger partial charge is 0.382 e. The van der Waals surface area contributed by atoms with Gasteiger partial charge in [-0.15, -0.1) is 24.0 Å².